The first-order chi connectivity index (χ1) is 16.4. The van der Waals surface area contributed by atoms with Crippen molar-refractivity contribution in [1.82, 2.24) is 0 Å². The van der Waals surface area contributed by atoms with Crippen molar-refractivity contribution in [3.05, 3.63) is 78.2 Å². The molecule has 0 atom stereocenters. The van der Waals surface area contributed by atoms with Crippen molar-refractivity contribution in [2.24, 2.45) is 4.99 Å². The van der Waals surface area contributed by atoms with Crippen LogP contribution in [0.1, 0.15) is 34.4 Å². The number of benzene rings is 2. The van der Waals surface area contributed by atoms with Crippen molar-refractivity contribution in [2.45, 2.75) is 25.7 Å². The lowest BCUT2D eigenvalue weighted by molar-refractivity contribution is -0.394. The molecule has 0 unspecified atom stereocenters. The molecule has 1 aliphatic rings. The van der Waals surface area contributed by atoms with Gasteiger partial charge >= 0.3 is 5.69 Å². The molecule has 4 rings (SSSR count). The molecule has 11 heteroatoms. The fourth-order valence-corrected chi connectivity index (χ4v) is 4.89. The largest absolute Gasteiger partial charge is 0.493 e. The number of thiophene rings is 1. The zero-order valence-corrected chi connectivity index (χ0v) is 18.8. The Kier molecular flexibility index (Phi) is 6.51. The van der Waals surface area contributed by atoms with E-state index in [0.29, 0.717) is 21.9 Å². The highest BCUT2D eigenvalue weighted by atomic mass is 32.1. The lowest BCUT2D eigenvalue weighted by Gasteiger charge is -2.11. The second-order valence-electron chi connectivity index (χ2n) is 7.44. The molecule has 1 heterocycles. The molecule has 0 fully saturated rings. The van der Waals surface area contributed by atoms with Crippen LogP contribution in [0.4, 0.5) is 16.4 Å². The third kappa shape index (κ3) is 4.57. The molecule has 0 saturated heterocycles. The van der Waals surface area contributed by atoms with Crippen molar-refractivity contribution < 1.29 is 19.3 Å². The first kappa shape index (κ1) is 22.9. The normalized spacial score (nSPS) is 12.7. The van der Waals surface area contributed by atoms with Gasteiger partial charge in [-0.05, 0) is 61.1 Å². The van der Waals surface area contributed by atoms with E-state index in [-0.39, 0.29) is 11.5 Å². The van der Waals surface area contributed by atoms with E-state index in [4.69, 9.17) is 9.47 Å². The number of hydrogen-bond donors (Lipinski definition) is 0. The Hall–Kier alpha value is -4.30. The topological polar surface area (TPSA) is 141 Å². The van der Waals surface area contributed by atoms with E-state index in [1.807, 2.05) is 0 Å². The van der Waals surface area contributed by atoms with Crippen molar-refractivity contribution in [2.75, 3.05) is 7.11 Å². The number of nitriles is 1. The molecule has 34 heavy (non-hydrogen) atoms. The quantitative estimate of drug-likeness (QED) is 0.235. The Morgan fingerprint density at radius 3 is 2.53 bits per heavy atom. The molecule has 3 aromatic rings. The number of rotatable bonds is 7. The monoisotopic (exact) mass is 478 g/mol. The van der Waals surface area contributed by atoms with E-state index in [9.17, 15) is 25.5 Å². The van der Waals surface area contributed by atoms with Crippen molar-refractivity contribution in [3.63, 3.8) is 0 Å². The Labute approximate surface area is 198 Å². The maximum Gasteiger partial charge on any atom is 0.318 e. The predicted molar refractivity (Wildman–Crippen MR) is 126 cm³/mol. The van der Waals surface area contributed by atoms with Crippen LogP contribution in [0.2, 0.25) is 0 Å². The zero-order valence-electron chi connectivity index (χ0n) is 18.0. The van der Waals surface area contributed by atoms with Crippen LogP contribution >= 0.6 is 11.3 Å². The van der Waals surface area contributed by atoms with Gasteiger partial charge in [0.05, 0.1) is 28.6 Å². The maximum atomic E-state index is 11.4. The molecule has 1 aromatic heterocycles. The molecule has 1 aliphatic carbocycles. The van der Waals surface area contributed by atoms with E-state index in [0.717, 1.165) is 43.4 Å². The standard InChI is InChI=1S/C23H18N4O6S/c1-32-21-10-14(13-25-23-17(12-24)16-4-2-3-5-22(16)34-23)6-8-20(21)33-19-9-7-15(26(28)29)11-18(19)27(30)31/h6-11,13H,2-5H2,1H3. The first-order valence-corrected chi connectivity index (χ1v) is 11.1. The summed E-state index contributed by atoms with van der Waals surface area (Å²) in [6.45, 7) is 0. The van der Waals surface area contributed by atoms with Crippen LogP contribution in [-0.4, -0.2) is 23.2 Å². The van der Waals surface area contributed by atoms with E-state index in [1.54, 1.807) is 24.4 Å². The summed E-state index contributed by atoms with van der Waals surface area (Å²) in [5.74, 6) is 0.335. The summed E-state index contributed by atoms with van der Waals surface area (Å²) in [6.07, 6.45) is 5.69. The van der Waals surface area contributed by atoms with Gasteiger partial charge in [0.15, 0.2) is 11.5 Å². The molecule has 0 amide bonds. The Balaban J connectivity index is 1.61. The van der Waals surface area contributed by atoms with Gasteiger partial charge in [0, 0.05) is 17.2 Å². The molecular weight excluding hydrogens is 460 g/mol. The van der Waals surface area contributed by atoms with Crippen LogP contribution < -0.4 is 9.47 Å². The van der Waals surface area contributed by atoms with Crippen LogP contribution in [0.25, 0.3) is 0 Å². The number of aryl methyl sites for hydroxylation is 1. The van der Waals surface area contributed by atoms with Crippen LogP contribution in [0.3, 0.4) is 0 Å². The van der Waals surface area contributed by atoms with Gasteiger partial charge in [-0.1, -0.05) is 0 Å². The summed E-state index contributed by atoms with van der Waals surface area (Å²) in [5, 5.41) is 32.6. The average molecular weight is 478 g/mol. The SMILES string of the molecule is COc1cc(C=Nc2sc3c(c2C#N)CCCC3)ccc1Oc1ccc([N+](=O)[O-])cc1[N+](=O)[O-]. The number of hydrogen-bond acceptors (Lipinski definition) is 9. The second-order valence-corrected chi connectivity index (χ2v) is 8.52. The van der Waals surface area contributed by atoms with E-state index >= 15 is 0 Å². The van der Waals surface area contributed by atoms with E-state index in [2.05, 4.69) is 11.1 Å². The van der Waals surface area contributed by atoms with Gasteiger partial charge in [0.2, 0.25) is 5.75 Å². The molecule has 0 saturated carbocycles. The molecule has 172 valence electrons. The summed E-state index contributed by atoms with van der Waals surface area (Å²) in [7, 11) is 1.43. The van der Waals surface area contributed by atoms with Crippen LogP contribution in [0.15, 0.2) is 41.4 Å². The number of non-ortho nitro benzene ring substituents is 1. The third-order valence-corrected chi connectivity index (χ3v) is 6.55. The number of fused-ring (bicyclic) bond motifs is 1. The summed E-state index contributed by atoms with van der Waals surface area (Å²) >= 11 is 1.54. The molecule has 10 nitrogen and oxygen atoms in total. The molecule has 0 N–H and O–H groups in total. The minimum absolute atomic E-state index is 0.154. The summed E-state index contributed by atoms with van der Waals surface area (Å²) < 4.78 is 11.0. The Bertz CT molecular complexity index is 1360. The van der Waals surface area contributed by atoms with Gasteiger partial charge < -0.3 is 9.47 Å². The molecule has 0 radical (unpaired) electrons. The van der Waals surface area contributed by atoms with Crippen LogP contribution in [0, 0.1) is 31.6 Å². The number of nitrogens with zero attached hydrogens (tertiary/aromatic N) is 4. The third-order valence-electron chi connectivity index (χ3n) is 5.35. The summed E-state index contributed by atoms with van der Waals surface area (Å²) in [4.78, 5) is 26.6. The lowest BCUT2D eigenvalue weighted by atomic mass is 9.96. The Morgan fingerprint density at radius 1 is 1.06 bits per heavy atom. The molecule has 2 aromatic carbocycles. The molecular formula is C23H18N4O6S. The fourth-order valence-electron chi connectivity index (χ4n) is 3.71. The first-order valence-electron chi connectivity index (χ1n) is 10.3. The average Bonchev–Trinajstić information content (AvgIpc) is 3.20. The highest BCUT2D eigenvalue weighted by Gasteiger charge is 2.23. The number of nitro benzene ring substituents is 2. The minimum atomic E-state index is -0.747. The zero-order chi connectivity index (χ0) is 24.2. The molecule has 0 aliphatic heterocycles. The van der Waals surface area contributed by atoms with Crippen LogP contribution in [-0.2, 0) is 12.8 Å². The number of ether oxygens (including phenoxy) is 2. The van der Waals surface area contributed by atoms with E-state index < -0.39 is 21.2 Å². The highest BCUT2D eigenvalue weighted by molar-refractivity contribution is 7.16. The molecule has 0 bridgehead atoms. The second kappa shape index (κ2) is 9.68. The Morgan fingerprint density at radius 2 is 1.82 bits per heavy atom. The van der Waals surface area contributed by atoms with E-state index in [1.165, 1.54) is 29.4 Å². The fraction of sp³-hybridized carbons (Fsp3) is 0.217. The van der Waals surface area contributed by atoms with Crippen molar-refractivity contribution >= 4 is 33.9 Å². The van der Waals surface area contributed by atoms with Crippen molar-refractivity contribution in [1.29, 1.82) is 5.26 Å². The number of nitro groups is 2. The number of aliphatic imine (C=N–C) groups is 1. The van der Waals surface area contributed by atoms with Crippen LogP contribution in [0.5, 0.6) is 17.2 Å². The smallest absolute Gasteiger partial charge is 0.318 e. The lowest BCUT2D eigenvalue weighted by Crippen LogP contribution is -1.99. The number of methoxy groups -OCH3 is 1. The van der Waals surface area contributed by atoms with Gasteiger partial charge in [-0.3, -0.25) is 20.2 Å². The van der Waals surface area contributed by atoms with Crippen molar-refractivity contribution in [3.8, 4) is 23.3 Å². The summed E-state index contributed by atoms with van der Waals surface area (Å²) in [6, 6.07) is 10.3. The highest BCUT2D eigenvalue weighted by Crippen LogP contribution is 2.40. The van der Waals surface area contributed by atoms with Gasteiger partial charge in [-0.15, -0.1) is 11.3 Å². The summed E-state index contributed by atoms with van der Waals surface area (Å²) in [5.41, 5.74) is 1.47. The maximum absolute atomic E-state index is 11.4. The molecule has 0 spiro atoms. The van der Waals surface area contributed by atoms with Gasteiger partial charge in [-0.2, -0.15) is 5.26 Å². The van der Waals surface area contributed by atoms with Gasteiger partial charge in [0.25, 0.3) is 5.69 Å². The van der Waals surface area contributed by atoms with Gasteiger partial charge in [-0.25, -0.2) is 4.99 Å². The van der Waals surface area contributed by atoms with Gasteiger partial charge in [0.1, 0.15) is 11.1 Å². The minimum Gasteiger partial charge on any atom is -0.493 e. The predicted octanol–water partition coefficient (Wildman–Crippen LogP) is 5.87.